The normalized spacial score (nSPS) is 15.2. The van der Waals surface area contributed by atoms with Crippen molar-refractivity contribution < 1.29 is 14.6 Å². The lowest BCUT2D eigenvalue weighted by atomic mass is 10.0. The molecule has 18 heavy (non-hydrogen) atoms. The minimum absolute atomic E-state index is 0.00881. The van der Waals surface area contributed by atoms with Crippen molar-refractivity contribution in [2.24, 2.45) is 0 Å². The van der Waals surface area contributed by atoms with Crippen LogP contribution in [-0.2, 0) is 9.53 Å². The van der Waals surface area contributed by atoms with Crippen LogP contribution in [-0.4, -0.2) is 49.0 Å². The van der Waals surface area contributed by atoms with Gasteiger partial charge in [-0.3, -0.25) is 4.79 Å². The van der Waals surface area contributed by atoms with E-state index in [0.29, 0.717) is 13.0 Å². The van der Waals surface area contributed by atoms with Gasteiger partial charge in [0.15, 0.2) is 0 Å². The van der Waals surface area contributed by atoms with Crippen LogP contribution in [0.4, 0.5) is 0 Å². The van der Waals surface area contributed by atoms with Crippen LogP contribution in [0.2, 0.25) is 0 Å². The Morgan fingerprint density at radius 3 is 2.50 bits per heavy atom. The van der Waals surface area contributed by atoms with E-state index in [2.05, 4.69) is 10.6 Å². The molecule has 3 N–H and O–H groups in total. The molecule has 0 rings (SSSR count). The van der Waals surface area contributed by atoms with E-state index < -0.39 is 0 Å². The molecule has 0 aromatic carbocycles. The van der Waals surface area contributed by atoms with Crippen molar-refractivity contribution >= 4 is 5.91 Å². The number of amides is 1. The highest BCUT2D eigenvalue weighted by molar-refractivity contribution is 5.82. The molecule has 0 aliphatic rings. The fourth-order valence-corrected chi connectivity index (χ4v) is 1.53. The number of carbonyl (C=O) groups excluding carboxylic acids is 1. The molecule has 0 saturated carbocycles. The summed E-state index contributed by atoms with van der Waals surface area (Å²) < 4.78 is 5.05. The number of aliphatic hydroxyl groups is 1. The molecule has 0 radical (unpaired) electrons. The summed E-state index contributed by atoms with van der Waals surface area (Å²) in [6.45, 7) is 8.42. The van der Waals surface area contributed by atoms with Gasteiger partial charge in [0.2, 0.25) is 5.91 Å². The Kier molecular flexibility index (Phi) is 8.15. The van der Waals surface area contributed by atoms with Crippen LogP contribution in [0.25, 0.3) is 0 Å². The van der Waals surface area contributed by atoms with Crippen LogP contribution in [0.15, 0.2) is 0 Å². The van der Waals surface area contributed by atoms with E-state index in [-0.39, 0.29) is 30.1 Å². The number of aliphatic hydroxyl groups excluding tert-OH is 1. The fraction of sp³-hybridized carbons (Fsp3) is 0.923. The topological polar surface area (TPSA) is 70.6 Å². The molecule has 108 valence electrons. The lowest BCUT2D eigenvalue weighted by Gasteiger charge is -2.28. The van der Waals surface area contributed by atoms with Gasteiger partial charge in [0, 0.05) is 25.3 Å². The zero-order chi connectivity index (χ0) is 14.2. The average Bonchev–Trinajstić information content (AvgIpc) is 2.29. The van der Waals surface area contributed by atoms with Gasteiger partial charge >= 0.3 is 0 Å². The molecule has 5 heteroatoms. The first-order valence-corrected chi connectivity index (χ1v) is 6.54. The van der Waals surface area contributed by atoms with Crippen molar-refractivity contribution in [3.8, 4) is 0 Å². The Labute approximate surface area is 110 Å². The van der Waals surface area contributed by atoms with Gasteiger partial charge in [0.05, 0.1) is 12.6 Å². The van der Waals surface area contributed by atoms with E-state index >= 15 is 0 Å². The van der Waals surface area contributed by atoms with E-state index in [1.54, 1.807) is 7.11 Å². The molecule has 0 aliphatic carbocycles. The molecule has 1 amide bonds. The van der Waals surface area contributed by atoms with Crippen molar-refractivity contribution in [3.63, 3.8) is 0 Å². The van der Waals surface area contributed by atoms with Gasteiger partial charge in [-0.25, -0.2) is 0 Å². The Morgan fingerprint density at radius 2 is 2.06 bits per heavy atom. The number of methoxy groups -OCH3 is 1. The Balaban J connectivity index is 4.27. The standard InChI is InChI=1S/C13H28N2O3/c1-6-13(3,4)15-12(17)10(2)14-11(7-8-16)9-18-5/h10-11,14,16H,6-9H2,1-5H3,(H,15,17). The molecule has 0 spiro atoms. The number of nitrogens with one attached hydrogen (secondary N) is 2. The van der Waals surface area contributed by atoms with Gasteiger partial charge < -0.3 is 20.5 Å². The van der Waals surface area contributed by atoms with Gasteiger partial charge in [-0.1, -0.05) is 6.92 Å². The second-order valence-corrected chi connectivity index (χ2v) is 5.28. The Morgan fingerprint density at radius 1 is 1.44 bits per heavy atom. The van der Waals surface area contributed by atoms with Crippen molar-refractivity contribution in [1.29, 1.82) is 0 Å². The lowest BCUT2D eigenvalue weighted by molar-refractivity contribution is -0.124. The van der Waals surface area contributed by atoms with Gasteiger partial charge in [0.1, 0.15) is 0 Å². The van der Waals surface area contributed by atoms with Gasteiger partial charge in [0.25, 0.3) is 0 Å². The summed E-state index contributed by atoms with van der Waals surface area (Å²) in [4.78, 5) is 12.0. The quantitative estimate of drug-likeness (QED) is 0.570. The third-order valence-corrected chi connectivity index (χ3v) is 3.07. The number of carbonyl (C=O) groups is 1. The highest BCUT2D eigenvalue weighted by Crippen LogP contribution is 2.07. The minimum atomic E-state index is -0.303. The second kappa shape index (κ2) is 8.45. The predicted octanol–water partition coefficient (Wildman–Crippen LogP) is 0.667. The zero-order valence-corrected chi connectivity index (χ0v) is 12.2. The van der Waals surface area contributed by atoms with Gasteiger partial charge in [-0.2, -0.15) is 0 Å². The van der Waals surface area contributed by atoms with Gasteiger partial charge in [-0.05, 0) is 33.6 Å². The van der Waals surface area contributed by atoms with Crippen LogP contribution in [0, 0.1) is 0 Å². The fourth-order valence-electron chi connectivity index (χ4n) is 1.53. The molecule has 0 heterocycles. The summed E-state index contributed by atoms with van der Waals surface area (Å²) in [6, 6.07) is -0.312. The summed E-state index contributed by atoms with van der Waals surface area (Å²) in [6.07, 6.45) is 1.45. The molecule has 0 bridgehead atoms. The van der Waals surface area contributed by atoms with E-state index in [4.69, 9.17) is 9.84 Å². The molecular weight excluding hydrogens is 232 g/mol. The van der Waals surface area contributed by atoms with Crippen molar-refractivity contribution in [2.45, 2.75) is 58.2 Å². The zero-order valence-electron chi connectivity index (χ0n) is 12.2. The largest absolute Gasteiger partial charge is 0.396 e. The first-order valence-electron chi connectivity index (χ1n) is 6.54. The van der Waals surface area contributed by atoms with E-state index in [0.717, 1.165) is 6.42 Å². The maximum Gasteiger partial charge on any atom is 0.237 e. The summed E-state index contributed by atoms with van der Waals surface area (Å²) in [7, 11) is 1.61. The maximum atomic E-state index is 12.0. The average molecular weight is 260 g/mol. The summed E-state index contributed by atoms with van der Waals surface area (Å²) >= 11 is 0. The number of hydrogen-bond acceptors (Lipinski definition) is 4. The molecule has 0 saturated heterocycles. The maximum absolute atomic E-state index is 12.0. The smallest absolute Gasteiger partial charge is 0.237 e. The van der Waals surface area contributed by atoms with Crippen LogP contribution in [0.3, 0.4) is 0 Å². The number of hydrogen-bond donors (Lipinski definition) is 3. The first-order chi connectivity index (χ1) is 8.36. The monoisotopic (exact) mass is 260 g/mol. The molecule has 0 fully saturated rings. The molecule has 2 unspecified atom stereocenters. The molecule has 0 aromatic heterocycles. The first kappa shape index (κ1) is 17.4. The van der Waals surface area contributed by atoms with Crippen molar-refractivity contribution in [1.82, 2.24) is 10.6 Å². The number of ether oxygens (including phenoxy) is 1. The SMILES string of the molecule is CCC(C)(C)NC(=O)C(C)NC(CCO)COC. The Hall–Kier alpha value is -0.650. The second-order valence-electron chi connectivity index (χ2n) is 5.28. The van der Waals surface area contributed by atoms with Crippen LogP contribution >= 0.6 is 0 Å². The van der Waals surface area contributed by atoms with E-state index in [9.17, 15) is 4.79 Å². The van der Waals surface area contributed by atoms with Crippen molar-refractivity contribution in [3.05, 3.63) is 0 Å². The Bertz CT molecular complexity index is 238. The molecular formula is C13H28N2O3. The highest BCUT2D eigenvalue weighted by atomic mass is 16.5. The van der Waals surface area contributed by atoms with E-state index in [1.807, 2.05) is 27.7 Å². The third kappa shape index (κ3) is 6.93. The number of rotatable bonds is 9. The van der Waals surface area contributed by atoms with Gasteiger partial charge in [-0.15, -0.1) is 0 Å². The predicted molar refractivity (Wildman–Crippen MR) is 72.5 cm³/mol. The summed E-state index contributed by atoms with van der Waals surface area (Å²) in [5, 5.41) is 15.1. The van der Waals surface area contributed by atoms with Crippen LogP contribution in [0.1, 0.15) is 40.5 Å². The summed E-state index contributed by atoms with van der Waals surface area (Å²) in [5.74, 6) is -0.0270. The minimum Gasteiger partial charge on any atom is -0.396 e. The van der Waals surface area contributed by atoms with Crippen LogP contribution < -0.4 is 10.6 Å². The lowest BCUT2D eigenvalue weighted by Crippen LogP contribution is -2.53. The molecule has 0 aliphatic heterocycles. The molecule has 2 atom stereocenters. The third-order valence-electron chi connectivity index (χ3n) is 3.07. The molecule has 5 nitrogen and oxygen atoms in total. The highest BCUT2D eigenvalue weighted by Gasteiger charge is 2.23. The van der Waals surface area contributed by atoms with Crippen molar-refractivity contribution in [2.75, 3.05) is 20.3 Å². The molecule has 0 aromatic rings. The summed E-state index contributed by atoms with van der Waals surface area (Å²) in [5.41, 5.74) is -0.194. The van der Waals surface area contributed by atoms with E-state index in [1.165, 1.54) is 0 Å². The van der Waals surface area contributed by atoms with Crippen LogP contribution in [0.5, 0.6) is 0 Å².